The molecule has 0 bridgehead atoms. The van der Waals surface area contributed by atoms with E-state index >= 15 is 0 Å². The van der Waals surface area contributed by atoms with E-state index in [2.05, 4.69) is 155 Å². The van der Waals surface area contributed by atoms with E-state index in [1.165, 1.54) is 51.4 Å². The number of ether oxygens (including phenoxy) is 4. The molecule has 0 heterocycles. The Bertz CT molecular complexity index is 2510. The van der Waals surface area contributed by atoms with Crippen LogP contribution in [0, 0.1) is 0 Å². The normalized spacial score (nSPS) is 14.7. The fourth-order valence-electron chi connectivity index (χ4n) is 9.92. The van der Waals surface area contributed by atoms with Gasteiger partial charge >= 0.3 is 39.5 Å². The van der Waals surface area contributed by atoms with E-state index in [0.717, 1.165) is 161 Å². The Morgan fingerprint density at radius 2 is 0.549 bits per heavy atom. The van der Waals surface area contributed by atoms with Crippen LogP contribution in [0.4, 0.5) is 0 Å². The second-order valence-electron chi connectivity index (χ2n) is 25.5. The van der Waals surface area contributed by atoms with E-state index in [4.69, 9.17) is 37.0 Å². The molecule has 102 heavy (non-hydrogen) atoms. The Labute approximate surface area is 617 Å². The Balaban J connectivity index is 5.46. The Kier molecular flexibility index (Phi) is 70.5. The lowest BCUT2D eigenvalue weighted by Gasteiger charge is -2.21. The molecule has 0 aromatic rings. The molecule has 0 aliphatic heterocycles. The zero-order valence-corrected chi connectivity index (χ0v) is 65.3. The Morgan fingerprint density at radius 1 is 0.284 bits per heavy atom. The molecule has 5 unspecified atom stereocenters. The lowest BCUT2D eigenvalue weighted by molar-refractivity contribution is -0.161. The maximum absolute atomic E-state index is 13.1. The maximum atomic E-state index is 13.1. The lowest BCUT2D eigenvalue weighted by Crippen LogP contribution is -2.30. The number of aliphatic hydroxyl groups excluding tert-OH is 1. The molecule has 0 rings (SSSR count). The zero-order valence-electron chi connectivity index (χ0n) is 63.5. The topological polar surface area (TPSA) is 237 Å². The van der Waals surface area contributed by atoms with Crippen LogP contribution in [0.25, 0.3) is 0 Å². The van der Waals surface area contributed by atoms with E-state index in [0.29, 0.717) is 32.1 Å². The van der Waals surface area contributed by atoms with E-state index < -0.39 is 97.5 Å². The summed E-state index contributed by atoms with van der Waals surface area (Å²) in [6.07, 6.45) is 84.2. The predicted molar refractivity (Wildman–Crippen MR) is 417 cm³/mol. The van der Waals surface area contributed by atoms with Gasteiger partial charge in [-0.3, -0.25) is 37.3 Å². The highest BCUT2D eigenvalue weighted by atomic mass is 31.2. The number of aliphatic hydroxyl groups is 1. The highest BCUT2D eigenvalue weighted by Gasteiger charge is 2.30. The molecule has 0 fully saturated rings. The van der Waals surface area contributed by atoms with Crippen LogP contribution in [0.3, 0.4) is 0 Å². The average molecular weight is 1470 g/mol. The molecule has 19 heteroatoms. The summed E-state index contributed by atoms with van der Waals surface area (Å²) in [5.41, 5.74) is 0. The van der Waals surface area contributed by atoms with Crippen LogP contribution in [0.5, 0.6) is 0 Å². The van der Waals surface area contributed by atoms with Crippen LogP contribution in [-0.2, 0) is 65.4 Å². The van der Waals surface area contributed by atoms with Gasteiger partial charge in [0.1, 0.15) is 19.3 Å². The molecule has 3 N–H and O–H groups in total. The number of hydrogen-bond acceptors (Lipinski definition) is 15. The van der Waals surface area contributed by atoms with Gasteiger partial charge in [-0.1, -0.05) is 289 Å². The summed E-state index contributed by atoms with van der Waals surface area (Å²) < 4.78 is 68.4. The minimum Gasteiger partial charge on any atom is -0.462 e. The van der Waals surface area contributed by atoms with Gasteiger partial charge in [0, 0.05) is 25.7 Å². The van der Waals surface area contributed by atoms with Gasteiger partial charge in [0.2, 0.25) is 0 Å². The Hall–Kier alpha value is -5.06. The molecular weight excluding hydrogens is 1330 g/mol. The van der Waals surface area contributed by atoms with Gasteiger partial charge in [0.25, 0.3) is 0 Å². The molecule has 0 amide bonds. The summed E-state index contributed by atoms with van der Waals surface area (Å²) in [6, 6.07) is 0. The summed E-state index contributed by atoms with van der Waals surface area (Å²) in [5.74, 6) is -2.32. The van der Waals surface area contributed by atoms with Gasteiger partial charge in [-0.25, -0.2) is 9.13 Å². The SMILES string of the molecule is CC/C=C\C/C=C\C/C=C\C/C=C\C/C=C\C/C=C\CCC(=O)OCC(COP(=O)(O)OCC(O)COP(=O)(O)OCC(COC(=O)CCCCCCC/C=C\C/C=C\CCC)OC(=O)CCCCCCCCCCCCCCC)OC(=O)CCCCCC/C=C\C/C=C\C/C=C\C/C=C\CC. The van der Waals surface area contributed by atoms with Crippen molar-refractivity contribution in [1.82, 2.24) is 0 Å². The second-order valence-corrected chi connectivity index (χ2v) is 28.4. The monoisotopic (exact) mass is 1470 g/mol. The number of carbonyl (C=O) groups excluding carboxylic acids is 4. The molecule has 17 nitrogen and oxygen atoms in total. The van der Waals surface area contributed by atoms with Crippen molar-refractivity contribution in [2.24, 2.45) is 0 Å². The molecule has 0 saturated heterocycles. The van der Waals surface area contributed by atoms with Crippen molar-refractivity contribution in [3.05, 3.63) is 146 Å². The van der Waals surface area contributed by atoms with Crippen LogP contribution in [0.1, 0.15) is 297 Å². The van der Waals surface area contributed by atoms with E-state index in [1.54, 1.807) is 0 Å². The largest absolute Gasteiger partial charge is 0.472 e. The van der Waals surface area contributed by atoms with Crippen molar-refractivity contribution in [2.75, 3.05) is 39.6 Å². The van der Waals surface area contributed by atoms with Crippen molar-refractivity contribution in [3.8, 4) is 0 Å². The third-order valence-corrected chi connectivity index (χ3v) is 17.7. The van der Waals surface area contributed by atoms with Crippen LogP contribution in [0.2, 0.25) is 0 Å². The lowest BCUT2D eigenvalue weighted by atomic mass is 10.0. The third kappa shape index (κ3) is 73.3. The number of esters is 4. The second kappa shape index (κ2) is 74.2. The first-order valence-corrected chi connectivity index (χ1v) is 42.1. The molecule has 0 aromatic heterocycles. The molecule has 582 valence electrons. The quantitative estimate of drug-likeness (QED) is 0.0169. The van der Waals surface area contributed by atoms with Crippen molar-refractivity contribution < 1.29 is 80.2 Å². The number of carbonyl (C=O) groups is 4. The van der Waals surface area contributed by atoms with E-state index in [-0.39, 0.29) is 25.7 Å². The average Bonchev–Trinajstić information content (AvgIpc) is 0.923. The van der Waals surface area contributed by atoms with Crippen molar-refractivity contribution in [2.45, 2.75) is 316 Å². The summed E-state index contributed by atoms with van der Waals surface area (Å²) in [6.45, 7) is 4.45. The fraction of sp³-hybridized carbons (Fsp3) is 0.663. The number of allylic oxidation sites excluding steroid dienone is 24. The minimum atomic E-state index is -5.00. The number of phosphoric ester groups is 2. The zero-order chi connectivity index (χ0) is 74.6. The smallest absolute Gasteiger partial charge is 0.462 e. The van der Waals surface area contributed by atoms with Crippen LogP contribution in [0.15, 0.2) is 146 Å². The van der Waals surface area contributed by atoms with Gasteiger partial charge in [-0.2, -0.15) is 0 Å². The van der Waals surface area contributed by atoms with Gasteiger partial charge in [-0.15, -0.1) is 0 Å². The first kappa shape index (κ1) is 96.9. The van der Waals surface area contributed by atoms with Crippen molar-refractivity contribution >= 4 is 39.5 Å². The molecule has 0 radical (unpaired) electrons. The van der Waals surface area contributed by atoms with E-state index in [9.17, 15) is 43.2 Å². The van der Waals surface area contributed by atoms with Crippen molar-refractivity contribution in [3.63, 3.8) is 0 Å². The van der Waals surface area contributed by atoms with Gasteiger partial charge < -0.3 is 33.8 Å². The molecule has 5 atom stereocenters. The molecule has 0 spiro atoms. The van der Waals surface area contributed by atoms with Gasteiger partial charge in [0.15, 0.2) is 12.2 Å². The highest BCUT2D eigenvalue weighted by Crippen LogP contribution is 2.45. The van der Waals surface area contributed by atoms with E-state index in [1.807, 2.05) is 18.2 Å². The molecule has 0 aromatic carbocycles. The summed E-state index contributed by atoms with van der Waals surface area (Å²) >= 11 is 0. The van der Waals surface area contributed by atoms with Crippen LogP contribution < -0.4 is 0 Å². The van der Waals surface area contributed by atoms with Crippen LogP contribution >= 0.6 is 15.6 Å². The van der Waals surface area contributed by atoms with Gasteiger partial charge in [0.05, 0.1) is 26.4 Å². The van der Waals surface area contributed by atoms with Crippen LogP contribution in [-0.4, -0.2) is 96.7 Å². The minimum absolute atomic E-state index is 0.0261. The van der Waals surface area contributed by atoms with Gasteiger partial charge in [-0.05, 0) is 128 Å². The predicted octanol–water partition coefficient (Wildman–Crippen LogP) is 22.7. The maximum Gasteiger partial charge on any atom is 0.472 e. The summed E-state index contributed by atoms with van der Waals surface area (Å²) in [4.78, 5) is 72.9. The molecule has 0 saturated carbocycles. The first-order valence-electron chi connectivity index (χ1n) is 39.1. The molecular formula is C83H138O17P2. The molecule has 0 aliphatic rings. The Morgan fingerprint density at radius 3 is 0.882 bits per heavy atom. The number of rotatable bonds is 72. The fourth-order valence-corrected chi connectivity index (χ4v) is 11.5. The summed E-state index contributed by atoms with van der Waals surface area (Å²) in [7, 11) is -9.99. The number of hydrogen-bond donors (Lipinski definition) is 3. The number of unbranched alkanes of at least 4 members (excludes halogenated alkanes) is 22. The first-order chi connectivity index (χ1) is 49.7. The standard InChI is InChI=1S/C83H138O17P2/c1-5-9-13-17-21-25-29-33-35-37-38-40-41-45-48-52-56-60-64-68-81(86)94-74-79(100-83(88)70-66-62-58-54-50-46-42-39-36-34-30-26-22-18-14-10-6-2)76-98-102(91,92)96-72-77(84)71-95-101(89,90)97-75-78(99-82(87)69-65-61-57-53-49-44-32-28-24-20-16-12-8-4)73-93-80(85)67-63-59-55-51-47-43-31-27-23-19-15-11-7-3/h9-10,13-15,19,21-22,25-27,31,33-36,38,40,42,45-46,48,56,60,77-79,84H,5-8,11-12,16-18,20,23-24,28-30,32,37,39,41,43-44,47,49-55,57-59,61-76H2,1-4H3,(H,89,90)(H,91,92)/b13-9-,14-10-,19-15-,25-21-,26-22-,31-27-,35-33-,36-34-,40-38-,46-42-,48-45-,60-56-. The summed E-state index contributed by atoms with van der Waals surface area (Å²) in [5, 5.41) is 10.6. The van der Waals surface area contributed by atoms with Crippen molar-refractivity contribution in [1.29, 1.82) is 0 Å². The molecule has 0 aliphatic carbocycles. The highest BCUT2D eigenvalue weighted by molar-refractivity contribution is 7.47. The number of phosphoric acid groups is 2. The third-order valence-electron chi connectivity index (χ3n) is 15.8.